The number of carbonyl (C=O) groups excluding carboxylic acids is 1. The van der Waals surface area contributed by atoms with E-state index in [2.05, 4.69) is 5.32 Å². The first-order valence-electron chi connectivity index (χ1n) is 7.87. The fourth-order valence-corrected chi connectivity index (χ4v) is 2.29. The number of alkyl halides is 6. The minimum Gasteiger partial charge on any atom is -0.392 e. The van der Waals surface area contributed by atoms with Crippen molar-refractivity contribution < 1.29 is 41.4 Å². The van der Waals surface area contributed by atoms with E-state index in [0.29, 0.717) is 12.1 Å². The first-order valence-corrected chi connectivity index (χ1v) is 7.87. The molecule has 0 saturated carbocycles. The molecule has 11 heteroatoms. The van der Waals surface area contributed by atoms with Gasteiger partial charge >= 0.3 is 18.4 Å². The standard InChI is InChI=1S/C16H20F6N2O3/c1-9(25)7-24(8-10(2)26)14(27)23-6-11-3-12(15(17,18)19)5-13(4-11)16(20,21)22/h3-5,9-10,25-26H,6-8H2,1-2H3,(H,23,27). The van der Waals surface area contributed by atoms with E-state index in [9.17, 15) is 41.4 Å². The Balaban J connectivity index is 3.01. The van der Waals surface area contributed by atoms with Gasteiger partial charge in [0.15, 0.2) is 0 Å². The van der Waals surface area contributed by atoms with E-state index in [1.165, 1.54) is 13.8 Å². The maximum absolute atomic E-state index is 12.8. The number of halogens is 6. The van der Waals surface area contributed by atoms with Gasteiger partial charge in [-0.25, -0.2) is 4.79 Å². The van der Waals surface area contributed by atoms with Crippen LogP contribution in [0.1, 0.15) is 30.5 Å². The minimum absolute atomic E-state index is 0.00148. The number of aliphatic hydroxyl groups excluding tert-OH is 2. The summed E-state index contributed by atoms with van der Waals surface area (Å²) >= 11 is 0. The molecule has 0 radical (unpaired) electrons. The van der Waals surface area contributed by atoms with Crippen molar-refractivity contribution in [3.05, 3.63) is 34.9 Å². The molecule has 1 aromatic carbocycles. The lowest BCUT2D eigenvalue weighted by molar-refractivity contribution is -0.143. The van der Waals surface area contributed by atoms with E-state index in [0.717, 1.165) is 4.90 Å². The molecule has 0 spiro atoms. The number of nitrogens with zero attached hydrogens (tertiary/aromatic N) is 1. The van der Waals surface area contributed by atoms with E-state index in [1.807, 2.05) is 0 Å². The molecule has 154 valence electrons. The van der Waals surface area contributed by atoms with Crippen LogP contribution in [0.5, 0.6) is 0 Å². The Labute approximate surface area is 151 Å². The van der Waals surface area contributed by atoms with Crippen LogP contribution in [0.3, 0.4) is 0 Å². The molecule has 2 atom stereocenters. The number of hydrogen-bond acceptors (Lipinski definition) is 3. The zero-order valence-electron chi connectivity index (χ0n) is 14.5. The molecular weight excluding hydrogens is 382 g/mol. The van der Waals surface area contributed by atoms with E-state index >= 15 is 0 Å². The highest BCUT2D eigenvalue weighted by Gasteiger charge is 2.36. The van der Waals surface area contributed by atoms with E-state index in [-0.39, 0.29) is 24.7 Å². The second kappa shape index (κ2) is 8.79. The topological polar surface area (TPSA) is 72.8 Å². The molecule has 0 saturated heterocycles. The number of aliphatic hydroxyl groups is 2. The van der Waals surface area contributed by atoms with Crippen molar-refractivity contribution in [2.24, 2.45) is 0 Å². The molecule has 0 fully saturated rings. The maximum atomic E-state index is 12.8. The van der Waals surface area contributed by atoms with Gasteiger partial charge in [0.05, 0.1) is 23.3 Å². The van der Waals surface area contributed by atoms with Crippen LogP contribution in [0.15, 0.2) is 18.2 Å². The van der Waals surface area contributed by atoms with Crippen LogP contribution in [0.25, 0.3) is 0 Å². The van der Waals surface area contributed by atoms with Crippen molar-refractivity contribution in [2.45, 2.75) is 45.0 Å². The van der Waals surface area contributed by atoms with Gasteiger partial charge in [-0.2, -0.15) is 26.3 Å². The second-order valence-electron chi connectivity index (χ2n) is 6.18. The van der Waals surface area contributed by atoms with Crippen LogP contribution in [-0.2, 0) is 18.9 Å². The first-order chi connectivity index (χ1) is 12.2. The van der Waals surface area contributed by atoms with Crippen molar-refractivity contribution in [3.63, 3.8) is 0 Å². The highest BCUT2D eigenvalue weighted by molar-refractivity contribution is 5.74. The quantitative estimate of drug-likeness (QED) is 0.641. The zero-order chi connectivity index (χ0) is 21.0. The molecule has 0 heterocycles. The zero-order valence-corrected chi connectivity index (χ0v) is 14.5. The molecule has 1 aromatic rings. The van der Waals surface area contributed by atoms with Gasteiger partial charge in [-0.1, -0.05) is 0 Å². The van der Waals surface area contributed by atoms with Gasteiger partial charge in [-0.05, 0) is 37.6 Å². The molecule has 5 nitrogen and oxygen atoms in total. The lowest BCUT2D eigenvalue weighted by Crippen LogP contribution is -2.46. The SMILES string of the molecule is CC(O)CN(CC(C)O)C(=O)NCc1cc(C(F)(F)F)cc(C(F)(F)F)c1. The van der Waals surface area contributed by atoms with Gasteiger partial charge in [-0.3, -0.25) is 0 Å². The van der Waals surface area contributed by atoms with E-state index in [1.54, 1.807) is 0 Å². The molecule has 0 aromatic heterocycles. The molecule has 1 rings (SSSR count). The molecule has 0 aliphatic heterocycles. The molecule has 27 heavy (non-hydrogen) atoms. The van der Waals surface area contributed by atoms with Crippen molar-refractivity contribution in [2.75, 3.05) is 13.1 Å². The predicted octanol–water partition coefficient (Wildman–Crippen LogP) is 3.00. The number of amides is 2. The number of benzene rings is 1. The number of urea groups is 1. The molecular formula is C16H20F6N2O3. The van der Waals surface area contributed by atoms with Crippen LogP contribution < -0.4 is 5.32 Å². The second-order valence-corrected chi connectivity index (χ2v) is 6.18. The Morgan fingerprint density at radius 2 is 1.37 bits per heavy atom. The maximum Gasteiger partial charge on any atom is 0.416 e. The Morgan fingerprint density at radius 1 is 0.963 bits per heavy atom. The van der Waals surface area contributed by atoms with E-state index in [4.69, 9.17) is 0 Å². The summed E-state index contributed by atoms with van der Waals surface area (Å²) in [5.74, 6) is 0. The molecule has 2 unspecified atom stereocenters. The Bertz CT molecular complexity index is 602. The van der Waals surface area contributed by atoms with Gasteiger partial charge in [-0.15, -0.1) is 0 Å². The minimum atomic E-state index is -4.98. The molecule has 0 bridgehead atoms. The third-order valence-corrected chi connectivity index (χ3v) is 3.35. The molecule has 0 aliphatic carbocycles. The summed E-state index contributed by atoms with van der Waals surface area (Å²) in [6.45, 7) is 1.82. The van der Waals surface area contributed by atoms with Crippen molar-refractivity contribution >= 4 is 6.03 Å². The molecule has 2 amide bonds. The lowest BCUT2D eigenvalue weighted by atomic mass is 10.0. The van der Waals surface area contributed by atoms with Crippen LogP contribution in [0.4, 0.5) is 31.1 Å². The Hall–Kier alpha value is -2.01. The first kappa shape index (κ1) is 23.0. The highest BCUT2D eigenvalue weighted by Crippen LogP contribution is 2.36. The van der Waals surface area contributed by atoms with Gasteiger partial charge in [0.1, 0.15) is 0 Å². The highest BCUT2D eigenvalue weighted by atomic mass is 19.4. The summed E-state index contributed by atoms with van der Waals surface area (Å²) in [7, 11) is 0. The van der Waals surface area contributed by atoms with Crippen LogP contribution in [0, 0.1) is 0 Å². The van der Waals surface area contributed by atoms with Crippen molar-refractivity contribution in [3.8, 4) is 0 Å². The summed E-state index contributed by atoms with van der Waals surface area (Å²) < 4.78 is 77.0. The monoisotopic (exact) mass is 402 g/mol. The summed E-state index contributed by atoms with van der Waals surface area (Å²) in [5, 5.41) is 20.9. The number of rotatable bonds is 6. The lowest BCUT2D eigenvalue weighted by Gasteiger charge is -2.25. The Morgan fingerprint density at radius 3 is 1.70 bits per heavy atom. The summed E-state index contributed by atoms with van der Waals surface area (Å²) in [4.78, 5) is 13.1. The summed E-state index contributed by atoms with van der Waals surface area (Å²) in [6.07, 6.45) is -11.9. The molecule has 3 N–H and O–H groups in total. The Kier molecular flexibility index (Phi) is 7.49. The van der Waals surface area contributed by atoms with Gasteiger partial charge < -0.3 is 20.4 Å². The van der Waals surface area contributed by atoms with Gasteiger partial charge in [0.2, 0.25) is 0 Å². The van der Waals surface area contributed by atoms with Crippen LogP contribution >= 0.6 is 0 Å². The normalized spacial score (nSPS) is 14.6. The summed E-state index contributed by atoms with van der Waals surface area (Å²) in [5.41, 5.74) is -3.35. The fraction of sp³-hybridized carbons (Fsp3) is 0.562. The average molecular weight is 402 g/mol. The average Bonchev–Trinajstić information content (AvgIpc) is 2.49. The van der Waals surface area contributed by atoms with Crippen molar-refractivity contribution in [1.82, 2.24) is 10.2 Å². The largest absolute Gasteiger partial charge is 0.416 e. The smallest absolute Gasteiger partial charge is 0.392 e. The van der Waals surface area contributed by atoms with Gasteiger partial charge in [0.25, 0.3) is 0 Å². The summed E-state index contributed by atoms with van der Waals surface area (Å²) in [6, 6.07) is 0.188. The number of hydrogen-bond donors (Lipinski definition) is 3. The number of carbonyl (C=O) groups is 1. The third kappa shape index (κ3) is 7.63. The van der Waals surface area contributed by atoms with Crippen LogP contribution in [-0.4, -0.2) is 46.4 Å². The van der Waals surface area contributed by atoms with E-state index < -0.39 is 48.3 Å². The third-order valence-electron chi connectivity index (χ3n) is 3.35. The molecule has 0 aliphatic rings. The van der Waals surface area contributed by atoms with Crippen molar-refractivity contribution in [1.29, 1.82) is 0 Å². The number of nitrogens with one attached hydrogen (secondary N) is 1. The predicted molar refractivity (Wildman–Crippen MR) is 83.6 cm³/mol. The van der Waals surface area contributed by atoms with Crippen LogP contribution in [0.2, 0.25) is 0 Å². The fourth-order valence-electron chi connectivity index (χ4n) is 2.29. The van der Waals surface area contributed by atoms with Gasteiger partial charge in [0, 0.05) is 19.6 Å².